The number of hydrogen-bond acceptors (Lipinski definition) is 3. The summed E-state index contributed by atoms with van der Waals surface area (Å²) in [5, 5.41) is 8.86. The highest BCUT2D eigenvalue weighted by Gasteiger charge is 2.08. The van der Waals surface area contributed by atoms with Crippen molar-refractivity contribution in [1.29, 1.82) is 0 Å². The first kappa shape index (κ1) is 15.5. The van der Waals surface area contributed by atoms with Crippen molar-refractivity contribution in [3.63, 3.8) is 0 Å². The quantitative estimate of drug-likeness (QED) is 0.735. The van der Waals surface area contributed by atoms with E-state index < -0.39 is 0 Å². The van der Waals surface area contributed by atoms with Gasteiger partial charge < -0.3 is 10.0 Å². The molecular formula is C14H22FNOS. The molecule has 0 radical (unpaired) electrons. The van der Waals surface area contributed by atoms with Gasteiger partial charge in [0.05, 0.1) is 0 Å². The van der Waals surface area contributed by atoms with E-state index in [0.29, 0.717) is 6.04 Å². The van der Waals surface area contributed by atoms with Crippen LogP contribution in [0.4, 0.5) is 4.39 Å². The van der Waals surface area contributed by atoms with E-state index in [1.54, 1.807) is 11.8 Å². The Morgan fingerprint density at radius 2 is 1.89 bits per heavy atom. The SMILES string of the molecule is CC(C)N(CCCO)CCSc1ccc(F)cc1. The van der Waals surface area contributed by atoms with Gasteiger partial charge in [-0.25, -0.2) is 4.39 Å². The molecule has 0 aliphatic heterocycles. The number of aliphatic hydroxyl groups excluding tert-OH is 1. The summed E-state index contributed by atoms with van der Waals surface area (Å²) >= 11 is 1.74. The van der Waals surface area contributed by atoms with Crippen LogP contribution in [0.1, 0.15) is 20.3 Å². The van der Waals surface area contributed by atoms with Crippen LogP contribution < -0.4 is 0 Å². The Hall–Kier alpha value is -0.580. The molecule has 0 fully saturated rings. The van der Waals surface area contributed by atoms with Gasteiger partial charge in [-0.05, 0) is 44.5 Å². The lowest BCUT2D eigenvalue weighted by Crippen LogP contribution is -2.34. The fourth-order valence-corrected chi connectivity index (χ4v) is 2.60. The van der Waals surface area contributed by atoms with Crippen LogP contribution >= 0.6 is 11.8 Å². The lowest BCUT2D eigenvalue weighted by atomic mass is 10.3. The largest absolute Gasteiger partial charge is 0.396 e. The Labute approximate surface area is 113 Å². The van der Waals surface area contributed by atoms with E-state index in [1.807, 2.05) is 12.1 Å². The molecule has 0 aliphatic rings. The maximum absolute atomic E-state index is 12.7. The molecular weight excluding hydrogens is 249 g/mol. The van der Waals surface area contributed by atoms with E-state index >= 15 is 0 Å². The van der Waals surface area contributed by atoms with Crippen molar-refractivity contribution < 1.29 is 9.50 Å². The molecule has 0 heterocycles. The molecule has 1 aromatic carbocycles. The summed E-state index contributed by atoms with van der Waals surface area (Å²) in [6.07, 6.45) is 0.819. The summed E-state index contributed by atoms with van der Waals surface area (Å²) in [5.74, 6) is 0.793. The maximum Gasteiger partial charge on any atom is 0.123 e. The normalized spacial score (nSPS) is 11.4. The molecule has 0 unspecified atom stereocenters. The van der Waals surface area contributed by atoms with E-state index in [0.717, 1.165) is 30.2 Å². The molecule has 0 saturated heterocycles. The average molecular weight is 271 g/mol. The van der Waals surface area contributed by atoms with E-state index in [-0.39, 0.29) is 12.4 Å². The fraction of sp³-hybridized carbons (Fsp3) is 0.571. The topological polar surface area (TPSA) is 23.5 Å². The Morgan fingerprint density at radius 3 is 2.44 bits per heavy atom. The lowest BCUT2D eigenvalue weighted by Gasteiger charge is -2.25. The number of aliphatic hydroxyl groups is 1. The predicted octanol–water partition coefficient (Wildman–Crippen LogP) is 3.01. The van der Waals surface area contributed by atoms with Crippen LogP contribution in [0.15, 0.2) is 29.2 Å². The van der Waals surface area contributed by atoms with Crippen molar-refractivity contribution in [2.45, 2.75) is 31.2 Å². The van der Waals surface area contributed by atoms with Crippen molar-refractivity contribution in [3.8, 4) is 0 Å². The van der Waals surface area contributed by atoms with Crippen molar-refractivity contribution >= 4 is 11.8 Å². The smallest absolute Gasteiger partial charge is 0.123 e. The number of thioether (sulfide) groups is 1. The second kappa shape index (κ2) is 8.51. The number of rotatable bonds is 8. The molecule has 1 N–H and O–H groups in total. The molecule has 0 atom stereocenters. The van der Waals surface area contributed by atoms with Gasteiger partial charge in [-0.3, -0.25) is 0 Å². The summed E-state index contributed by atoms with van der Waals surface area (Å²) < 4.78 is 12.7. The number of hydrogen-bond donors (Lipinski definition) is 1. The average Bonchev–Trinajstić information content (AvgIpc) is 2.35. The summed E-state index contributed by atoms with van der Waals surface area (Å²) in [6, 6.07) is 7.11. The van der Waals surface area contributed by atoms with Gasteiger partial charge in [0.2, 0.25) is 0 Å². The minimum atomic E-state index is -0.189. The highest BCUT2D eigenvalue weighted by molar-refractivity contribution is 7.99. The third-order valence-corrected chi connectivity index (χ3v) is 3.79. The molecule has 2 nitrogen and oxygen atoms in total. The van der Waals surface area contributed by atoms with Crippen molar-refractivity contribution in [1.82, 2.24) is 4.90 Å². The van der Waals surface area contributed by atoms with Gasteiger partial charge >= 0.3 is 0 Å². The van der Waals surface area contributed by atoms with Crippen LogP contribution in [-0.2, 0) is 0 Å². The van der Waals surface area contributed by atoms with Crippen LogP contribution in [0.5, 0.6) is 0 Å². The highest BCUT2D eigenvalue weighted by atomic mass is 32.2. The Kier molecular flexibility index (Phi) is 7.32. The zero-order chi connectivity index (χ0) is 13.4. The Morgan fingerprint density at radius 1 is 1.22 bits per heavy atom. The molecule has 0 saturated carbocycles. The maximum atomic E-state index is 12.7. The lowest BCUT2D eigenvalue weighted by molar-refractivity contribution is 0.201. The van der Waals surface area contributed by atoms with Gasteiger partial charge in [0.15, 0.2) is 0 Å². The van der Waals surface area contributed by atoms with Crippen LogP contribution in [0.2, 0.25) is 0 Å². The monoisotopic (exact) mass is 271 g/mol. The van der Waals surface area contributed by atoms with Crippen molar-refractivity contribution in [2.75, 3.05) is 25.4 Å². The molecule has 0 aromatic heterocycles. The van der Waals surface area contributed by atoms with E-state index in [4.69, 9.17) is 5.11 Å². The molecule has 18 heavy (non-hydrogen) atoms. The minimum absolute atomic E-state index is 0.189. The van der Waals surface area contributed by atoms with Crippen molar-refractivity contribution in [3.05, 3.63) is 30.1 Å². The van der Waals surface area contributed by atoms with Gasteiger partial charge in [-0.2, -0.15) is 0 Å². The molecule has 0 bridgehead atoms. The highest BCUT2D eigenvalue weighted by Crippen LogP contribution is 2.18. The Balaban J connectivity index is 2.31. The van der Waals surface area contributed by atoms with E-state index in [2.05, 4.69) is 18.7 Å². The summed E-state index contributed by atoms with van der Waals surface area (Å²) in [6.45, 7) is 6.49. The van der Waals surface area contributed by atoms with E-state index in [9.17, 15) is 4.39 Å². The van der Waals surface area contributed by atoms with Crippen LogP contribution in [0, 0.1) is 5.82 Å². The molecule has 4 heteroatoms. The first-order valence-electron chi connectivity index (χ1n) is 6.36. The summed E-state index contributed by atoms with van der Waals surface area (Å²) in [7, 11) is 0. The molecule has 102 valence electrons. The fourth-order valence-electron chi connectivity index (χ4n) is 1.71. The Bertz CT molecular complexity index is 329. The van der Waals surface area contributed by atoms with Gasteiger partial charge in [-0.1, -0.05) is 0 Å². The number of nitrogens with zero attached hydrogens (tertiary/aromatic N) is 1. The van der Waals surface area contributed by atoms with Crippen molar-refractivity contribution in [2.24, 2.45) is 0 Å². The molecule has 1 rings (SSSR count). The second-order valence-corrected chi connectivity index (χ2v) is 5.68. The third-order valence-electron chi connectivity index (χ3n) is 2.79. The predicted molar refractivity (Wildman–Crippen MR) is 75.5 cm³/mol. The zero-order valence-corrected chi connectivity index (χ0v) is 11.9. The first-order valence-corrected chi connectivity index (χ1v) is 7.35. The van der Waals surface area contributed by atoms with Gasteiger partial charge in [-0.15, -0.1) is 11.8 Å². The van der Waals surface area contributed by atoms with Gasteiger partial charge in [0, 0.05) is 36.4 Å². The van der Waals surface area contributed by atoms with E-state index in [1.165, 1.54) is 12.1 Å². The molecule has 1 aromatic rings. The molecule has 0 aliphatic carbocycles. The third kappa shape index (κ3) is 5.85. The molecule has 0 amide bonds. The van der Waals surface area contributed by atoms with Crippen LogP contribution in [0.25, 0.3) is 0 Å². The second-order valence-electron chi connectivity index (χ2n) is 4.51. The minimum Gasteiger partial charge on any atom is -0.396 e. The number of halogens is 1. The standard InChI is InChI=1S/C14H22FNOS/c1-12(2)16(8-3-10-17)9-11-18-14-6-4-13(15)5-7-14/h4-7,12,17H,3,8-11H2,1-2H3. The molecule has 0 spiro atoms. The zero-order valence-electron chi connectivity index (χ0n) is 11.1. The summed E-state index contributed by atoms with van der Waals surface area (Å²) in [5.41, 5.74) is 0. The van der Waals surface area contributed by atoms with Crippen LogP contribution in [-0.4, -0.2) is 41.5 Å². The first-order chi connectivity index (χ1) is 8.63. The summed E-state index contributed by atoms with van der Waals surface area (Å²) in [4.78, 5) is 3.45. The van der Waals surface area contributed by atoms with Gasteiger partial charge in [0.25, 0.3) is 0 Å². The van der Waals surface area contributed by atoms with Crippen LogP contribution in [0.3, 0.4) is 0 Å². The van der Waals surface area contributed by atoms with Gasteiger partial charge in [0.1, 0.15) is 5.82 Å². The number of benzene rings is 1.